The van der Waals surface area contributed by atoms with Gasteiger partial charge in [0.05, 0.1) is 14.2 Å². The van der Waals surface area contributed by atoms with Crippen molar-refractivity contribution in [1.29, 1.82) is 0 Å². The zero-order valence-corrected chi connectivity index (χ0v) is 17.8. The average molecular weight is 415 g/mol. The molecule has 29 heavy (non-hydrogen) atoms. The van der Waals surface area contributed by atoms with Crippen LogP contribution in [0, 0.1) is 5.92 Å². The van der Waals surface area contributed by atoms with Crippen LogP contribution in [0.2, 0.25) is 0 Å². The van der Waals surface area contributed by atoms with Crippen molar-refractivity contribution < 1.29 is 19.1 Å². The monoisotopic (exact) mass is 414 g/mol. The van der Waals surface area contributed by atoms with Gasteiger partial charge in [-0.2, -0.15) is 0 Å². The highest BCUT2D eigenvalue weighted by Crippen LogP contribution is 2.30. The summed E-state index contributed by atoms with van der Waals surface area (Å²) in [5.41, 5.74) is 1.32. The Labute approximate surface area is 175 Å². The Morgan fingerprint density at radius 1 is 1.07 bits per heavy atom. The number of amides is 2. The summed E-state index contributed by atoms with van der Waals surface area (Å²) >= 11 is 1.65. The topological polar surface area (TPSA) is 67.9 Å². The van der Waals surface area contributed by atoms with E-state index < -0.39 is 0 Å². The molecule has 2 aromatic carbocycles. The second kappa shape index (κ2) is 9.69. The molecule has 1 N–H and O–H groups in total. The van der Waals surface area contributed by atoms with E-state index in [2.05, 4.69) is 5.32 Å². The summed E-state index contributed by atoms with van der Waals surface area (Å²) in [6.45, 7) is 1.05. The highest BCUT2D eigenvalue weighted by Gasteiger charge is 2.29. The predicted octanol–water partition coefficient (Wildman–Crippen LogP) is 4.55. The molecule has 6 nitrogen and oxygen atoms in total. The number of rotatable bonds is 6. The predicted molar refractivity (Wildman–Crippen MR) is 115 cm³/mol. The lowest BCUT2D eigenvalue weighted by Crippen LogP contribution is -2.44. The van der Waals surface area contributed by atoms with Crippen LogP contribution in [0.15, 0.2) is 47.4 Å². The highest BCUT2D eigenvalue weighted by molar-refractivity contribution is 7.98. The first-order valence-electron chi connectivity index (χ1n) is 9.52. The Morgan fingerprint density at radius 3 is 2.45 bits per heavy atom. The summed E-state index contributed by atoms with van der Waals surface area (Å²) in [4.78, 5) is 28.5. The SMILES string of the molecule is COc1ccc(NC(=O)N2CCC[C@H](C(=O)c3ccc(SC)cc3)C2)cc1OC. The van der Waals surface area contributed by atoms with Crippen LogP contribution < -0.4 is 14.8 Å². The molecule has 0 aliphatic carbocycles. The molecule has 7 heteroatoms. The molecule has 1 fully saturated rings. The fraction of sp³-hybridized carbons (Fsp3) is 0.364. The van der Waals surface area contributed by atoms with E-state index in [-0.39, 0.29) is 17.7 Å². The number of ether oxygens (including phenoxy) is 2. The summed E-state index contributed by atoms with van der Waals surface area (Å²) in [6.07, 6.45) is 3.61. The van der Waals surface area contributed by atoms with Crippen molar-refractivity contribution >= 4 is 29.3 Å². The molecule has 0 unspecified atom stereocenters. The number of methoxy groups -OCH3 is 2. The molecular formula is C22H26N2O4S. The first kappa shape index (κ1) is 21.0. The summed E-state index contributed by atoms with van der Waals surface area (Å²) in [5, 5.41) is 2.89. The molecule has 0 aromatic heterocycles. The molecule has 0 radical (unpaired) electrons. The maximum atomic E-state index is 12.9. The van der Waals surface area contributed by atoms with Crippen LogP contribution in [-0.2, 0) is 0 Å². The van der Waals surface area contributed by atoms with Crippen LogP contribution in [0.4, 0.5) is 10.5 Å². The largest absolute Gasteiger partial charge is 0.493 e. The molecule has 1 aliphatic heterocycles. The Hall–Kier alpha value is -2.67. The Morgan fingerprint density at radius 2 is 1.79 bits per heavy atom. The van der Waals surface area contributed by atoms with Crippen LogP contribution in [0.1, 0.15) is 23.2 Å². The van der Waals surface area contributed by atoms with E-state index in [0.717, 1.165) is 17.7 Å². The number of ketones is 1. The van der Waals surface area contributed by atoms with Crippen LogP contribution in [0.3, 0.4) is 0 Å². The van der Waals surface area contributed by atoms with E-state index in [1.807, 2.05) is 30.5 Å². The van der Waals surface area contributed by atoms with Crippen LogP contribution >= 0.6 is 11.8 Å². The van der Waals surface area contributed by atoms with Gasteiger partial charge in [0.2, 0.25) is 0 Å². The minimum Gasteiger partial charge on any atom is -0.493 e. The number of anilines is 1. The second-order valence-electron chi connectivity index (χ2n) is 6.88. The van der Waals surface area contributed by atoms with Gasteiger partial charge in [0.15, 0.2) is 17.3 Å². The Bertz CT molecular complexity index is 870. The number of urea groups is 1. The number of carbonyl (C=O) groups is 2. The van der Waals surface area contributed by atoms with Gasteiger partial charge in [0.1, 0.15) is 0 Å². The zero-order valence-electron chi connectivity index (χ0n) is 16.9. The molecule has 2 amide bonds. The summed E-state index contributed by atoms with van der Waals surface area (Å²) in [5.74, 6) is 1.06. The van der Waals surface area contributed by atoms with Crippen molar-refractivity contribution in [3.05, 3.63) is 48.0 Å². The fourth-order valence-electron chi connectivity index (χ4n) is 3.48. The fourth-order valence-corrected chi connectivity index (χ4v) is 3.89. The number of carbonyl (C=O) groups excluding carboxylic acids is 2. The molecule has 2 aromatic rings. The smallest absolute Gasteiger partial charge is 0.321 e. The van der Waals surface area contributed by atoms with Gasteiger partial charge in [-0.25, -0.2) is 4.79 Å². The number of hydrogen-bond donors (Lipinski definition) is 1. The molecule has 3 rings (SSSR count). The quantitative estimate of drug-likeness (QED) is 0.555. The molecule has 1 saturated heterocycles. The van der Waals surface area contributed by atoms with E-state index in [9.17, 15) is 9.59 Å². The second-order valence-corrected chi connectivity index (χ2v) is 7.76. The van der Waals surface area contributed by atoms with Crippen molar-refractivity contribution in [2.75, 3.05) is 38.9 Å². The van der Waals surface area contributed by atoms with E-state index in [1.54, 1.807) is 49.1 Å². The number of Topliss-reactive ketones (excluding diaryl/α,β-unsaturated/α-hetero) is 1. The number of benzene rings is 2. The summed E-state index contributed by atoms with van der Waals surface area (Å²) < 4.78 is 10.5. The van der Waals surface area contributed by atoms with Crippen molar-refractivity contribution in [3.63, 3.8) is 0 Å². The number of likely N-dealkylation sites (tertiary alicyclic amines) is 1. The lowest BCUT2D eigenvalue weighted by Gasteiger charge is -2.32. The standard InChI is InChI=1S/C22H26N2O4S/c1-27-19-11-8-17(13-20(19)28-2)23-22(26)24-12-4-5-16(14-24)21(25)15-6-9-18(29-3)10-7-15/h6-11,13,16H,4-5,12,14H2,1-3H3,(H,23,26)/t16-/m0/s1. The molecule has 0 saturated carbocycles. The maximum Gasteiger partial charge on any atom is 0.321 e. The van der Waals surface area contributed by atoms with Gasteiger partial charge in [0, 0.05) is 41.2 Å². The van der Waals surface area contributed by atoms with Crippen molar-refractivity contribution in [2.45, 2.75) is 17.7 Å². The van der Waals surface area contributed by atoms with Crippen LogP contribution in [-0.4, -0.2) is 50.3 Å². The first-order valence-corrected chi connectivity index (χ1v) is 10.7. The van der Waals surface area contributed by atoms with E-state index in [4.69, 9.17) is 9.47 Å². The van der Waals surface area contributed by atoms with Gasteiger partial charge in [-0.1, -0.05) is 12.1 Å². The molecule has 1 atom stereocenters. The van der Waals surface area contributed by atoms with Crippen LogP contribution in [0.5, 0.6) is 11.5 Å². The van der Waals surface area contributed by atoms with Gasteiger partial charge in [-0.05, 0) is 43.4 Å². The van der Waals surface area contributed by atoms with Gasteiger partial charge in [0.25, 0.3) is 0 Å². The molecule has 1 heterocycles. The van der Waals surface area contributed by atoms with E-state index in [1.165, 1.54) is 0 Å². The minimum absolute atomic E-state index is 0.0984. The first-order chi connectivity index (χ1) is 14.0. The lowest BCUT2D eigenvalue weighted by atomic mass is 9.90. The Balaban J connectivity index is 1.65. The van der Waals surface area contributed by atoms with Gasteiger partial charge in [-0.15, -0.1) is 11.8 Å². The summed E-state index contributed by atoms with van der Waals surface area (Å²) in [6, 6.07) is 12.7. The van der Waals surface area contributed by atoms with Crippen molar-refractivity contribution in [2.24, 2.45) is 5.92 Å². The molecule has 154 valence electrons. The zero-order chi connectivity index (χ0) is 20.8. The van der Waals surface area contributed by atoms with Gasteiger partial charge < -0.3 is 19.7 Å². The average Bonchev–Trinajstić information content (AvgIpc) is 2.78. The lowest BCUT2D eigenvalue weighted by molar-refractivity contribution is 0.0851. The number of nitrogens with zero attached hydrogens (tertiary/aromatic N) is 1. The van der Waals surface area contributed by atoms with E-state index in [0.29, 0.717) is 35.8 Å². The third kappa shape index (κ3) is 5.03. The maximum absolute atomic E-state index is 12.9. The van der Waals surface area contributed by atoms with Crippen LogP contribution in [0.25, 0.3) is 0 Å². The number of thioether (sulfide) groups is 1. The highest BCUT2D eigenvalue weighted by atomic mass is 32.2. The Kier molecular flexibility index (Phi) is 7.04. The third-order valence-corrected chi connectivity index (χ3v) is 5.83. The van der Waals surface area contributed by atoms with Crippen molar-refractivity contribution in [1.82, 2.24) is 4.90 Å². The van der Waals surface area contributed by atoms with Gasteiger partial charge >= 0.3 is 6.03 Å². The molecular weight excluding hydrogens is 388 g/mol. The number of nitrogens with one attached hydrogen (secondary N) is 1. The van der Waals surface area contributed by atoms with E-state index >= 15 is 0 Å². The summed E-state index contributed by atoms with van der Waals surface area (Å²) in [7, 11) is 3.12. The minimum atomic E-state index is -0.215. The molecule has 1 aliphatic rings. The third-order valence-electron chi connectivity index (χ3n) is 5.09. The van der Waals surface area contributed by atoms with Crippen molar-refractivity contribution in [3.8, 4) is 11.5 Å². The number of hydrogen-bond acceptors (Lipinski definition) is 5. The molecule has 0 bridgehead atoms. The normalized spacial score (nSPS) is 16.2. The molecule has 0 spiro atoms. The number of piperidine rings is 1. The van der Waals surface area contributed by atoms with Gasteiger partial charge in [-0.3, -0.25) is 4.79 Å².